The molecule has 0 saturated carbocycles. The minimum absolute atomic E-state index is 0. The normalized spacial score (nSPS) is 18.6. The molecule has 3 N–H and O–H groups in total. The summed E-state index contributed by atoms with van der Waals surface area (Å²) < 4.78 is 0.785. The topological polar surface area (TPSA) is 66.6 Å². The fraction of sp³-hybridized carbons (Fsp3) is 0.417. The third-order valence-corrected chi connectivity index (χ3v) is 3.59. The highest BCUT2D eigenvalue weighted by Crippen LogP contribution is 2.25. The van der Waals surface area contributed by atoms with Crippen LogP contribution in [0, 0.1) is 5.92 Å². The van der Waals surface area contributed by atoms with Gasteiger partial charge in [-0.3, -0.25) is 4.79 Å². The van der Waals surface area contributed by atoms with Crippen LogP contribution in [0.1, 0.15) is 16.8 Å². The van der Waals surface area contributed by atoms with E-state index in [0.29, 0.717) is 31.1 Å². The quantitative estimate of drug-likeness (QED) is 0.868. The van der Waals surface area contributed by atoms with Gasteiger partial charge in [-0.25, -0.2) is 0 Å². The molecule has 1 aromatic carbocycles. The zero-order valence-corrected chi connectivity index (χ0v) is 12.2. The number of phenols is 1. The first-order chi connectivity index (χ1) is 8.11. The Balaban J connectivity index is 0.00000162. The molecule has 0 aliphatic carbocycles. The van der Waals surface area contributed by atoms with Gasteiger partial charge in [-0.2, -0.15) is 0 Å². The summed E-state index contributed by atoms with van der Waals surface area (Å²) in [6.07, 6.45) is 0.941. The molecule has 1 atom stereocenters. The average Bonchev–Trinajstić information content (AvgIpc) is 2.80. The number of amides is 1. The van der Waals surface area contributed by atoms with Crippen LogP contribution < -0.4 is 5.73 Å². The summed E-state index contributed by atoms with van der Waals surface area (Å²) in [4.78, 5) is 13.9. The third kappa shape index (κ3) is 3.16. The van der Waals surface area contributed by atoms with Crippen molar-refractivity contribution in [3.8, 4) is 5.75 Å². The standard InChI is InChI=1S/C12H15BrN2O2.ClH/c13-9-1-2-11(16)10(5-9)12(17)15-4-3-8(6-14)7-15;/h1-2,5,8,16H,3-4,6-7,14H2;1H. The molecule has 1 unspecified atom stereocenters. The van der Waals surface area contributed by atoms with Gasteiger partial charge in [-0.15, -0.1) is 12.4 Å². The van der Waals surface area contributed by atoms with Crippen molar-refractivity contribution >= 4 is 34.2 Å². The lowest BCUT2D eigenvalue weighted by Crippen LogP contribution is -2.29. The highest BCUT2D eigenvalue weighted by molar-refractivity contribution is 9.10. The van der Waals surface area contributed by atoms with Crippen molar-refractivity contribution in [3.05, 3.63) is 28.2 Å². The Kier molecular flexibility index (Phi) is 5.44. The van der Waals surface area contributed by atoms with Crippen molar-refractivity contribution in [1.82, 2.24) is 4.90 Å². The van der Waals surface area contributed by atoms with Gasteiger partial charge < -0.3 is 15.7 Å². The van der Waals surface area contributed by atoms with Crippen LogP contribution in [0.4, 0.5) is 0 Å². The van der Waals surface area contributed by atoms with Crippen LogP contribution in [0.3, 0.4) is 0 Å². The number of hydrogen-bond donors (Lipinski definition) is 2. The molecule has 100 valence electrons. The van der Waals surface area contributed by atoms with Gasteiger partial charge in [0.05, 0.1) is 5.56 Å². The van der Waals surface area contributed by atoms with Gasteiger partial charge in [-0.1, -0.05) is 15.9 Å². The fourth-order valence-corrected chi connectivity index (χ4v) is 2.42. The first kappa shape index (κ1) is 15.3. The molecule has 1 saturated heterocycles. The maximum atomic E-state index is 12.2. The Morgan fingerprint density at radius 2 is 2.28 bits per heavy atom. The number of carbonyl (C=O) groups excluding carboxylic acids is 1. The van der Waals surface area contributed by atoms with E-state index in [1.165, 1.54) is 6.07 Å². The van der Waals surface area contributed by atoms with Crippen LogP contribution in [0.2, 0.25) is 0 Å². The molecule has 1 aliphatic heterocycles. The lowest BCUT2D eigenvalue weighted by atomic mass is 10.1. The molecule has 18 heavy (non-hydrogen) atoms. The molecule has 1 aliphatic rings. The van der Waals surface area contributed by atoms with Crippen molar-refractivity contribution in [2.75, 3.05) is 19.6 Å². The van der Waals surface area contributed by atoms with E-state index in [0.717, 1.165) is 10.9 Å². The molecule has 2 rings (SSSR count). The van der Waals surface area contributed by atoms with Crippen molar-refractivity contribution in [1.29, 1.82) is 0 Å². The van der Waals surface area contributed by atoms with Gasteiger partial charge in [0.25, 0.3) is 5.91 Å². The summed E-state index contributed by atoms with van der Waals surface area (Å²) in [6, 6.07) is 4.88. The number of benzene rings is 1. The van der Waals surface area contributed by atoms with Gasteiger partial charge in [0, 0.05) is 17.6 Å². The average molecular weight is 336 g/mol. The van der Waals surface area contributed by atoms with Crippen LogP contribution in [0.25, 0.3) is 0 Å². The van der Waals surface area contributed by atoms with E-state index in [4.69, 9.17) is 5.73 Å². The lowest BCUT2D eigenvalue weighted by Gasteiger charge is -2.17. The van der Waals surface area contributed by atoms with Crippen molar-refractivity contribution < 1.29 is 9.90 Å². The van der Waals surface area contributed by atoms with Crippen molar-refractivity contribution in [3.63, 3.8) is 0 Å². The highest BCUT2D eigenvalue weighted by Gasteiger charge is 2.27. The van der Waals surface area contributed by atoms with E-state index in [-0.39, 0.29) is 24.1 Å². The lowest BCUT2D eigenvalue weighted by molar-refractivity contribution is 0.0784. The van der Waals surface area contributed by atoms with Crippen LogP contribution in [-0.2, 0) is 0 Å². The number of likely N-dealkylation sites (tertiary alicyclic amines) is 1. The van der Waals surface area contributed by atoms with E-state index < -0.39 is 0 Å². The predicted molar refractivity (Wildman–Crippen MR) is 76.1 cm³/mol. The second-order valence-electron chi connectivity index (χ2n) is 4.30. The molecule has 0 spiro atoms. The van der Waals surface area contributed by atoms with E-state index in [1.54, 1.807) is 17.0 Å². The molecule has 6 heteroatoms. The molecular formula is C12H16BrClN2O2. The molecule has 0 bridgehead atoms. The maximum absolute atomic E-state index is 12.2. The zero-order chi connectivity index (χ0) is 12.4. The number of phenolic OH excluding ortho intramolecular Hbond substituents is 1. The molecule has 1 heterocycles. The fourth-order valence-electron chi connectivity index (χ4n) is 2.06. The van der Waals surface area contributed by atoms with Crippen molar-refractivity contribution in [2.45, 2.75) is 6.42 Å². The molecule has 1 fully saturated rings. The smallest absolute Gasteiger partial charge is 0.257 e. The minimum atomic E-state index is -0.125. The van der Waals surface area contributed by atoms with Crippen LogP contribution in [0.5, 0.6) is 5.75 Å². The summed E-state index contributed by atoms with van der Waals surface area (Å²) in [5, 5.41) is 9.70. The van der Waals surface area contributed by atoms with E-state index in [2.05, 4.69) is 15.9 Å². The SMILES string of the molecule is Cl.NCC1CCN(C(=O)c2cc(Br)ccc2O)C1. The minimum Gasteiger partial charge on any atom is -0.507 e. The van der Waals surface area contributed by atoms with E-state index in [1.807, 2.05) is 0 Å². The summed E-state index contributed by atoms with van der Waals surface area (Å²) >= 11 is 3.30. The van der Waals surface area contributed by atoms with Gasteiger partial charge in [-0.05, 0) is 37.1 Å². The maximum Gasteiger partial charge on any atom is 0.257 e. The largest absolute Gasteiger partial charge is 0.507 e. The molecule has 1 aromatic rings. The summed E-state index contributed by atoms with van der Waals surface area (Å²) in [6.45, 7) is 2.00. The number of halogens is 2. The monoisotopic (exact) mass is 334 g/mol. The third-order valence-electron chi connectivity index (χ3n) is 3.10. The number of nitrogens with two attached hydrogens (primary N) is 1. The van der Waals surface area contributed by atoms with Crippen LogP contribution >= 0.6 is 28.3 Å². The molecule has 0 radical (unpaired) electrons. The molecular weight excluding hydrogens is 320 g/mol. The Bertz CT molecular complexity index is 442. The molecule has 0 aromatic heterocycles. The van der Waals surface area contributed by atoms with E-state index in [9.17, 15) is 9.90 Å². The van der Waals surface area contributed by atoms with Gasteiger partial charge in [0.2, 0.25) is 0 Å². The number of hydrogen-bond acceptors (Lipinski definition) is 3. The second-order valence-corrected chi connectivity index (χ2v) is 5.22. The van der Waals surface area contributed by atoms with Gasteiger partial charge >= 0.3 is 0 Å². The molecule has 1 amide bonds. The zero-order valence-electron chi connectivity index (χ0n) is 9.80. The van der Waals surface area contributed by atoms with E-state index >= 15 is 0 Å². The van der Waals surface area contributed by atoms with Gasteiger partial charge in [0.1, 0.15) is 5.75 Å². The Morgan fingerprint density at radius 1 is 1.56 bits per heavy atom. The summed E-state index contributed by atoms with van der Waals surface area (Å²) in [7, 11) is 0. The van der Waals surface area contributed by atoms with Crippen molar-refractivity contribution in [2.24, 2.45) is 11.7 Å². The van der Waals surface area contributed by atoms with Gasteiger partial charge in [0.15, 0.2) is 0 Å². The number of rotatable bonds is 2. The first-order valence-electron chi connectivity index (χ1n) is 5.59. The van der Waals surface area contributed by atoms with Crippen LogP contribution in [-0.4, -0.2) is 35.5 Å². The Morgan fingerprint density at radius 3 is 2.89 bits per heavy atom. The molecule has 4 nitrogen and oxygen atoms in total. The summed E-state index contributed by atoms with van der Waals surface area (Å²) in [5.41, 5.74) is 5.94. The number of nitrogens with zero attached hydrogens (tertiary/aromatic N) is 1. The predicted octanol–water partition coefficient (Wildman–Crippen LogP) is 2.00. The number of aromatic hydroxyl groups is 1. The Hall–Kier alpha value is -0.780. The van der Waals surface area contributed by atoms with Crippen LogP contribution in [0.15, 0.2) is 22.7 Å². The summed E-state index contributed by atoms with van der Waals surface area (Å²) in [5.74, 6) is 0.280. The first-order valence-corrected chi connectivity index (χ1v) is 6.39. The number of carbonyl (C=O) groups is 1. The Labute approximate surface area is 121 Å². The second kappa shape index (κ2) is 6.41. The highest BCUT2D eigenvalue weighted by atomic mass is 79.9.